The summed E-state index contributed by atoms with van der Waals surface area (Å²) in [6, 6.07) is 17.5. The summed E-state index contributed by atoms with van der Waals surface area (Å²) in [4.78, 5) is 26.2. The number of hydrogen-bond acceptors (Lipinski definition) is 4. The Kier molecular flexibility index (Phi) is 5.78. The molecule has 0 radical (unpaired) electrons. The average Bonchev–Trinajstić information content (AvgIpc) is 2.69. The third kappa shape index (κ3) is 4.59. The molecule has 0 aliphatic rings. The number of aromatic nitrogens is 2. The van der Waals surface area contributed by atoms with Crippen LogP contribution in [0.3, 0.4) is 0 Å². The van der Waals surface area contributed by atoms with Crippen LogP contribution in [0.15, 0.2) is 71.5 Å². The van der Waals surface area contributed by atoms with E-state index in [2.05, 4.69) is 9.84 Å². The van der Waals surface area contributed by atoms with Crippen LogP contribution in [0.2, 0.25) is 0 Å². The highest BCUT2D eigenvalue weighted by molar-refractivity contribution is 5.91. The zero-order valence-corrected chi connectivity index (χ0v) is 15.0. The van der Waals surface area contributed by atoms with E-state index in [1.54, 1.807) is 43.4 Å². The first-order valence-electron chi connectivity index (χ1n) is 8.39. The average molecular weight is 385 g/mol. The van der Waals surface area contributed by atoms with Crippen molar-refractivity contribution in [3.05, 3.63) is 88.3 Å². The van der Waals surface area contributed by atoms with Gasteiger partial charge in [-0.1, -0.05) is 30.3 Å². The first-order valence-corrected chi connectivity index (χ1v) is 8.39. The molecule has 0 saturated carbocycles. The monoisotopic (exact) mass is 385 g/mol. The molecule has 0 N–H and O–H groups in total. The topological polar surface area (TPSA) is 64.4 Å². The van der Waals surface area contributed by atoms with Gasteiger partial charge in [-0.25, -0.2) is 0 Å². The van der Waals surface area contributed by atoms with Crippen molar-refractivity contribution in [2.24, 2.45) is 0 Å². The zero-order valence-electron chi connectivity index (χ0n) is 15.0. The summed E-state index contributed by atoms with van der Waals surface area (Å²) in [5, 5.41) is 4.16. The predicted octanol–water partition coefficient (Wildman–Crippen LogP) is 3.11. The van der Waals surface area contributed by atoms with E-state index in [-0.39, 0.29) is 29.5 Å². The van der Waals surface area contributed by atoms with Crippen LogP contribution in [-0.4, -0.2) is 34.2 Å². The molecular weight excluding hydrogens is 368 g/mol. The number of alkyl halides is 2. The minimum absolute atomic E-state index is 0.0457. The lowest BCUT2D eigenvalue weighted by Gasteiger charge is -2.17. The van der Waals surface area contributed by atoms with Gasteiger partial charge in [0.1, 0.15) is 11.4 Å². The van der Waals surface area contributed by atoms with E-state index < -0.39 is 6.61 Å². The molecule has 3 rings (SSSR count). The number of halogens is 2. The lowest BCUT2D eigenvalue weighted by atomic mass is 10.2. The molecule has 0 aliphatic heterocycles. The maximum Gasteiger partial charge on any atom is 0.387 e. The Morgan fingerprint density at radius 3 is 2.39 bits per heavy atom. The Labute approximate surface area is 159 Å². The van der Waals surface area contributed by atoms with Gasteiger partial charge >= 0.3 is 6.61 Å². The first-order chi connectivity index (χ1) is 13.4. The summed E-state index contributed by atoms with van der Waals surface area (Å²) in [5.74, 6) is -0.332. The van der Waals surface area contributed by atoms with Crippen molar-refractivity contribution >= 4 is 5.91 Å². The normalized spacial score (nSPS) is 10.7. The number of carbonyl (C=O) groups is 1. The number of amides is 1. The fourth-order valence-electron chi connectivity index (χ4n) is 2.60. The van der Waals surface area contributed by atoms with Crippen LogP contribution in [0, 0.1) is 0 Å². The maximum absolute atomic E-state index is 12.7. The smallest absolute Gasteiger partial charge is 0.387 e. The molecule has 3 aromatic rings. The molecule has 0 bridgehead atoms. The Bertz CT molecular complexity index is 1010. The van der Waals surface area contributed by atoms with Crippen molar-refractivity contribution in [1.29, 1.82) is 0 Å². The van der Waals surface area contributed by atoms with Crippen LogP contribution in [0.1, 0.15) is 16.1 Å². The van der Waals surface area contributed by atoms with Crippen molar-refractivity contribution in [2.45, 2.75) is 13.2 Å². The van der Waals surface area contributed by atoms with Crippen molar-refractivity contribution in [2.75, 3.05) is 7.05 Å². The fourth-order valence-corrected chi connectivity index (χ4v) is 2.60. The van der Waals surface area contributed by atoms with Crippen LogP contribution in [0.4, 0.5) is 8.78 Å². The molecule has 28 heavy (non-hydrogen) atoms. The summed E-state index contributed by atoms with van der Waals surface area (Å²) in [6.45, 7) is -2.65. The second-order valence-corrected chi connectivity index (χ2v) is 5.99. The SMILES string of the molecule is CN(Cc1ccc(OC(F)F)cc1)C(=O)c1ccc(=O)n(-c2ccccc2)n1. The van der Waals surface area contributed by atoms with Crippen molar-refractivity contribution in [1.82, 2.24) is 14.7 Å². The van der Waals surface area contributed by atoms with Gasteiger partial charge in [0, 0.05) is 19.7 Å². The molecular formula is C20H17F2N3O3. The third-order valence-corrected chi connectivity index (χ3v) is 3.94. The molecule has 0 unspecified atom stereocenters. The summed E-state index contributed by atoms with van der Waals surface area (Å²) >= 11 is 0. The molecule has 0 spiro atoms. The second kappa shape index (κ2) is 8.43. The van der Waals surface area contributed by atoms with Gasteiger partial charge in [-0.2, -0.15) is 18.6 Å². The highest BCUT2D eigenvalue weighted by atomic mass is 19.3. The van der Waals surface area contributed by atoms with Gasteiger partial charge in [-0.15, -0.1) is 0 Å². The summed E-state index contributed by atoms with van der Waals surface area (Å²) in [7, 11) is 1.59. The van der Waals surface area contributed by atoms with Gasteiger partial charge in [0.05, 0.1) is 5.69 Å². The van der Waals surface area contributed by atoms with Gasteiger partial charge in [0.15, 0.2) is 0 Å². The van der Waals surface area contributed by atoms with E-state index in [1.165, 1.54) is 29.2 Å². The van der Waals surface area contributed by atoms with E-state index >= 15 is 0 Å². The molecule has 1 heterocycles. The maximum atomic E-state index is 12.7. The van der Waals surface area contributed by atoms with Gasteiger partial charge < -0.3 is 9.64 Å². The van der Waals surface area contributed by atoms with E-state index in [1.807, 2.05) is 6.07 Å². The number of ether oxygens (including phenoxy) is 1. The van der Waals surface area contributed by atoms with Crippen molar-refractivity contribution in [3.8, 4) is 11.4 Å². The standard InChI is InChI=1S/C20H17F2N3O3/c1-24(13-14-7-9-16(10-8-14)28-20(21)22)19(27)17-11-12-18(26)25(23-17)15-5-3-2-4-6-15/h2-12,20H,13H2,1H3. The van der Waals surface area contributed by atoms with Crippen LogP contribution in [0.25, 0.3) is 5.69 Å². The molecule has 144 valence electrons. The van der Waals surface area contributed by atoms with E-state index in [9.17, 15) is 18.4 Å². The fraction of sp³-hybridized carbons (Fsp3) is 0.150. The minimum Gasteiger partial charge on any atom is -0.435 e. The van der Waals surface area contributed by atoms with E-state index in [0.717, 1.165) is 10.2 Å². The zero-order chi connectivity index (χ0) is 20.1. The molecule has 2 aromatic carbocycles. The van der Waals surface area contributed by atoms with Crippen LogP contribution in [0.5, 0.6) is 5.75 Å². The number of nitrogens with zero attached hydrogens (tertiary/aromatic N) is 3. The minimum atomic E-state index is -2.89. The Balaban J connectivity index is 1.75. The highest BCUT2D eigenvalue weighted by Gasteiger charge is 2.16. The van der Waals surface area contributed by atoms with Crippen molar-refractivity contribution < 1.29 is 18.3 Å². The molecule has 6 nitrogen and oxygen atoms in total. The number of rotatable bonds is 6. The molecule has 1 aromatic heterocycles. The number of para-hydroxylation sites is 1. The van der Waals surface area contributed by atoms with Crippen LogP contribution in [-0.2, 0) is 6.54 Å². The first kappa shape index (κ1) is 19.2. The molecule has 0 atom stereocenters. The summed E-state index contributed by atoms with van der Waals surface area (Å²) < 4.78 is 29.9. The van der Waals surface area contributed by atoms with Gasteiger partial charge in [-0.05, 0) is 35.9 Å². The number of benzene rings is 2. The largest absolute Gasteiger partial charge is 0.435 e. The molecule has 8 heteroatoms. The third-order valence-electron chi connectivity index (χ3n) is 3.94. The number of carbonyl (C=O) groups excluding carboxylic acids is 1. The quantitative estimate of drug-likeness (QED) is 0.654. The molecule has 1 amide bonds. The van der Waals surface area contributed by atoms with Crippen LogP contribution < -0.4 is 10.3 Å². The van der Waals surface area contributed by atoms with Gasteiger partial charge in [-0.3, -0.25) is 9.59 Å². The Morgan fingerprint density at radius 2 is 1.75 bits per heavy atom. The van der Waals surface area contributed by atoms with E-state index in [0.29, 0.717) is 5.69 Å². The van der Waals surface area contributed by atoms with Crippen LogP contribution >= 0.6 is 0 Å². The van der Waals surface area contributed by atoms with E-state index in [4.69, 9.17) is 0 Å². The van der Waals surface area contributed by atoms with Gasteiger partial charge in [0.25, 0.3) is 11.5 Å². The Morgan fingerprint density at radius 1 is 1.07 bits per heavy atom. The Hall–Kier alpha value is -3.55. The lowest BCUT2D eigenvalue weighted by molar-refractivity contribution is -0.0498. The lowest BCUT2D eigenvalue weighted by Crippen LogP contribution is -2.30. The van der Waals surface area contributed by atoms with Gasteiger partial charge in [0.2, 0.25) is 0 Å². The second-order valence-electron chi connectivity index (χ2n) is 5.99. The molecule has 0 fully saturated rings. The van der Waals surface area contributed by atoms with Crippen molar-refractivity contribution in [3.63, 3.8) is 0 Å². The molecule has 0 saturated heterocycles. The molecule has 0 aliphatic carbocycles. The predicted molar refractivity (Wildman–Crippen MR) is 98.7 cm³/mol. The summed E-state index contributed by atoms with van der Waals surface area (Å²) in [5.41, 5.74) is 1.05. The number of hydrogen-bond donors (Lipinski definition) is 0. The summed E-state index contributed by atoms with van der Waals surface area (Å²) in [6.07, 6.45) is 0. The highest BCUT2D eigenvalue weighted by Crippen LogP contribution is 2.16.